The highest BCUT2D eigenvalue weighted by Crippen LogP contribution is 2.45. The summed E-state index contributed by atoms with van der Waals surface area (Å²) in [6, 6.07) is 15.2. The van der Waals surface area contributed by atoms with Crippen molar-refractivity contribution in [1.29, 1.82) is 0 Å². The first kappa shape index (κ1) is 27.0. The van der Waals surface area contributed by atoms with Crippen molar-refractivity contribution in [2.45, 2.75) is 110 Å². The van der Waals surface area contributed by atoms with Crippen LogP contribution in [0, 0.1) is 5.92 Å². The number of benzene rings is 2. The Morgan fingerprint density at radius 1 is 0.972 bits per heavy atom. The van der Waals surface area contributed by atoms with Gasteiger partial charge in [-0.25, -0.2) is 0 Å². The topological polar surface area (TPSA) is 39.7 Å². The fourth-order valence-corrected chi connectivity index (χ4v) is 5.64. The van der Waals surface area contributed by atoms with Crippen LogP contribution in [-0.2, 0) is 21.5 Å². The molecule has 4 rings (SSSR count). The molecule has 1 fully saturated rings. The summed E-state index contributed by atoms with van der Waals surface area (Å²) in [6.45, 7) is 15.3. The molecule has 2 aliphatic rings. The lowest BCUT2D eigenvalue weighted by atomic mass is 9.86. The molecule has 2 aromatic carbocycles. The van der Waals surface area contributed by atoms with E-state index in [4.69, 9.17) is 14.2 Å². The minimum atomic E-state index is -0.506. The van der Waals surface area contributed by atoms with Gasteiger partial charge in [0.1, 0.15) is 23.6 Å². The standard InChI is InChI=1S/C32H47NO3/c1-7-33-26-17-18-28-27(21-26)29(34-20-19-23-11-9-8-10-12-23)30(32(5,6)36-28)35-22-24-13-15-25(16-14-24)31(2,3)4/h13-18,21,23,29-30,33H,7-12,19-20,22H2,1-6H3. The zero-order valence-corrected chi connectivity index (χ0v) is 23.4. The van der Waals surface area contributed by atoms with Crippen molar-refractivity contribution in [2.75, 3.05) is 18.5 Å². The Morgan fingerprint density at radius 2 is 1.69 bits per heavy atom. The molecule has 0 amide bonds. The lowest BCUT2D eigenvalue weighted by molar-refractivity contribution is -0.168. The van der Waals surface area contributed by atoms with E-state index in [1.165, 1.54) is 43.2 Å². The first-order valence-corrected chi connectivity index (χ1v) is 14.1. The molecule has 4 nitrogen and oxygen atoms in total. The summed E-state index contributed by atoms with van der Waals surface area (Å²) in [5, 5.41) is 3.44. The van der Waals surface area contributed by atoms with E-state index in [0.29, 0.717) is 6.61 Å². The molecule has 0 aromatic heterocycles. The molecular weight excluding hydrogens is 446 g/mol. The Morgan fingerprint density at radius 3 is 2.36 bits per heavy atom. The Kier molecular flexibility index (Phi) is 8.67. The number of fused-ring (bicyclic) bond motifs is 1. The summed E-state index contributed by atoms with van der Waals surface area (Å²) in [7, 11) is 0. The summed E-state index contributed by atoms with van der Waals surface area (Å²) in [5.74, 6) is 1.69. The van der Waals surface area contributed by atoms with Gasteiger partial charge in [0.05, 0.1) is 6.61 Å². The summed E-state index contributed by atoms with van der Waals surface area (Å²) < 4.78 is 19.9. The van der Waals surface area contributed by atoms with Crippen LogP contribution < -0.4 is 10.1 Å². The normalized spacial score (nSPS) is 22.1. The van der Waals surface area contributed by atoms with Gasteiger partial charge in [-0.2, -0.15) is 0 Å². The van der Waals surface area contributed by atoms with Crippen molar-refractivity contribution in [3.8, 4) is 5.75 Å². The van der Waals surface area contributed by atoms with E-state index >= 15 is 0 Å². The second-order valence-electron chi connectivity index (χ2n) is 12.3. The average molecular weight is 494 g/mol. The molecule has 0 spiro atoms. The number of hydrogen-bond donors (Lipinski definition) is 1. The van der Waals surface area contributed by atoms with Crippen molar-refractivity contribution < 1.29 is 14.2 Å². The number of ether oxygens (including phenoxy) is 3. The SMILES string of the molecule is CCNc1ccc2c(c1)C(OCCC1CCCCC1)C(OCc1ccc(C(C)(C)C)cc1)C(C)(C)O2. The molecule has 198 valence electrons. The fraction of sp³-hybridized carbons (Fsp3) is 0.625. The van der Waals surface area contributed by atoms with Crippen LogP contribution in [0.3, 0.4) is 0 Å². The molecule has 2 unspecified atom stereocenters. The average Bonchev–Trinajstić information content (AvgIpc) is 2.84. The Labute approximate surface area is 219 Å². The first-order valence-electron chi connectivity index (χ1n) is 14.1. The van der Waals surface area contributed by atoms with E-state index in [-0.39, 0.29) is 17.6 Å². The molecule has 0 bridgehead atoms. The van der Waals surface area contributed by atoms with Crippen molar-refractivity contribution >= 4 is 5.69 Å². The van der Waals surface area contributed by atoms with Gasteiger partial charge < -0.3 is 19.5 Å². The number of hydrogen-bond acceptors (Lipinski definition) is 4. The third-order valence-electron chi connectivity index (χ3n) is 7.83. The quantitative estimate of drug-likeness (QED) is 0.382. The minimum absolute atomic E-state index is 0.143. The maximum Gasteiger partial charge on any atom is 0.132 e. The maximum atomic E-state index is 6.71. The third-order valence-corrected chi connectivity index (χ3v) is 7.83. The van der Waals surface area contributed by atoms with Crippen molar-refractivity contribution in [3.63, 3.8) is 0 Å². The minimum Gasteiger partial charge on any atom is -0.485 e. The largest absolute Gasteiger partial charge is 0.485 e. The van der Waals surface area contributed by atoms with Gasteiger partial charge in [0.25, 0.3) is 0 Å². The molecule has 2 aromatic rings. The van der Waals surface area contributed by atoms with Crippen LogP contribution in [0.4, 0.5) is 5.69 Å². The Hall–Kier alpha value is -2.04. The summed E-state index contributed by atoms with van der Waals surface area (Å²) in [4.78, 5) is 0. The van der Waals surface area contributed by atoms with E-state index in [9.17, 15) is 0 Å². The van der Waals surface area contributed by atoms with E-state index in [1.807, 2.05) is 0 Å². The van der Waals surface area contributed by atoms with Gasteiger partial charge >= 0.3 is 0 Å². The number of nitrogens with one attached hydrogen (secondary N) is 1. The lowest BCUT2D eigenvalue weighted by Crippen LogP contribution is -2.51. The van der Waals surface area contributed by atoms with Crippen LogP contribution >= 0.6 is 0 Å². The molecule has 1 N–H and O–H groups in total. The van der Waals surface area contributed by atoms with Crippen LogP contribution in [0.1, 0.15) is 103 Å². The molecule has 1 saturated carbocycles. The fourth-order valence-electron chi connectivity index (χ4n) is 5.64. The molecule has 1 aliphatic carbocycles. The summed E-state index contributed by atoms with van der Waals surface area (Å²) >= 11 is 0. The zero-order valence-electron chi connectivity index (χ0n) is 23.4. The molecule has 4 heteroatoms. The smallest absolute Gasteiger partial charge is 0.132 e. The van der Waals surface area contributed by atoms with Crippen LogP contribution in [-0.4, -0.2) is 24.9 Å². The highest BCUT2D eigenvalue weighted by Gasteiger charge is 2.45. The van der Waals surface area contributed by atoms with Crippen molar-refractivity contribution in [3.05, 3.63) is 59.2 Å². The molecule has 2 atom stereocenters. The van der Waals surface area contributed by atoms with Crippen molar-refractivity contribution in [2.24, 2.45) is 5.92 Å². The van der Waals surface area contributed by atoms with E-state index in [0.717, 1.165) is 42.5 Å². The molecule has 0 radical (unpaired) electrons. The van der Waals surface area contributed by atoms with Gasteiger partial charge in [0, 0.05) is 24.4 Å². The number of anilines is 1. The second-order valence-corrected chi connectivity index (χ2v) is 12.3. The molecule has 1 heterocycles. The Balaban J connectivity index is 1.53. The van der Waals surface area contributed by atoms with Gasteiger partial charge in [0.2, 0.25) is 0 Å². The van der Waals surface area contributed by atoms with Gasteiger partial charge in [-0.05, 0) is 67.9 Å². The van der Waals surface area contributed by atoms with Crippen LogP contribution in [0.5, 0.6) is 5.75 Å². The van der Waals surface area contributed by atoms with Crippen molar-refractivity contribution in [1.82, 2.24) is 0 Å². The molecule has 1 aliphatic heterocycles. The number of rotatable bonds is 9. The zero-order chi connectivity index (χ0) is 25.8. The van der Waals surface area contributed by atoms with Gasteiger partial charge in [-0.1, -0.05) is 77.1 Å². The highest BCUT2D eigenvalue weighted by atomic mass is 16.6. The van der Waals surface area contributed by atoms with E-state index in [1.54, 1.807) is 0 Å². The molecule has 36 heavy (non-hydrogen) atoms. The first-order chi connectivity index (χ1) is 17.2. The second kappa shape index (κ2) is 11.6. The van der Waals surface area contributed by atoms with E-state index in [2.05, 4.69) is 89.3 Å². The van der Waals surface area contributed by atoms with Gasteiger partial charge in [-0.15, -0.1) is 0 Å². The summed E-state index contributed by atoms with van der Waals surface area (Å²) in [6.07, 6.45) is 7.55. The van der Waals surface area contributed by atoms with Gasteiger partial charge in [0.15, 0.2) is 0 Å². The Bertz CT molecular complexity index is 970. The monoisotopic (exact) mass is 493 g/mol. The molecule has 0 saturated heterocycles. The maximum absolute atomic E-state index is 6.71. The lowest BCUT2D eigenvalue weighted by Gasteiger charge is -2.44. The highest BCUT2D eigenvalue weighted by molar-refractivity contribution is 5.53. The van der Waals surface area contributed by atoms with Crippen LogP contribution in [0.15, 0.2) is 42.5 Å². The van der Waals surface area contributed by atoms with Crippen LogP contribution in [0.2, 0.25) is 0 Å². The molecular formula is C32H47NO3. The van der Waals surface area contributed by atoms with Gasteiger partial charge in [-0.3, -0.25) is 0 Å². The predicted molar refractivity (Wildman–Crippen MR) is 149 cm³/mol. The summed E-state index contributed by atoms with van der Waals surface area (Å²) in [5.41, 5.74) is 4.33. The van der Waals surface area contributed by atoms with E-state index < -0.39 is 5.60 Å². The third kappa shape index (κ3) is 6.63. The van der Waals surface area contributed by atoms with Crippen LogP contribution in [0.25, 0.3) is 0 Å². The predicted octanol–water partition coefficient (Wildman–Crippen LogP) is 8.20.